The maximum absolute atomic E-state index is 12.5. The SMILES string of the molecule is CCCOc1ccccc1NC(=O)Cc1coc2cc(C)c(C)cc12. The predicted molar refractivity (Wildman–Crippen MR) is 100 cm³/mol. The number of ether oxygens (including phenoxy) is 1. The average Bonchev–Trinajstić information content (AvgIpc) is 2.96. The van der Waals surface area contributed by atoms with Crippen LogP contribution in [0, 0.1) is 13.8 Å². The van der Waals surface area contributed by atoms with E-state index in [1.807, 2.05) is 30.3 Å². The van der Waals surface area contributed by atoms with E-state index in [0.29, 0.717) is 18.0 Å². The van der Waals surface area contributed by atoms with E-state index in [2.05, 4.69) is 32.2 Å². The molecular formula is C21H23NO3. The summed E-state index contributed by atoms with van der Waals surface area (Å²) in [7, 11) is 0. The first kappa shape index (κ1) is 17.1. The third kappa shape index (κ3) is 3.85. The number of anilines is 1. The Morgan fingerprint density at radius 2 is 1.92 bits per heavy atom. The van der Waals surface area contributed by atoms with Gasteiger partial charge in [0, 0.05) is 10.9 Å². The topological polar surface area (TPSA) is 51.5 Å². The molecular weight excluding hydrogens is 314 g/mol. The second-order valence-electron chi connectivity index (χ2n) is 6.26. The van der Waals surface area contributed by atoms with Gasteiger partial charge in [0.2, 0.25) is 5.91 Å². The summed E-state index contributed by atoms with van der Waals surface area (Å²) in [5, 5.41) is 3.94. The molecule has 0 saturated carbocycles. The van der Waals surface area contributed by atoms with Crippen molar-refractivity contribution in [3.63, 3.8) is 0 Å². The van der Waals surface area contributed by atoms with Crippen LogP contribution in [0.1, 0.15) is 30.0 Å². The van der Waals surface area contributed by atoms with Crippen molar-refractivity contribution in [1.29, 1.82) is 0 Å². The molecule has 1 N–H and O–H groups in total. The minimum atomic E-state index is -0.0894. The van der Waals surface area contributed by atoms with Gasteiger partial charge < -0.3 is 14.5 Å². The van der Waals surface area contributed by atoms with Crippen LogP contribution in [-0.4, -0.2) is 12.5 Å². The molecule has 0 radical (unpaired) electrons. The van der Waals surface area contributed by atoms with Crippen LogP contribution in [0.3, 0.4) is 0 Å². The maximum Gasteiger partial charge on any atom is 0.229 e. The van der Waals surface area contributed by atoms with E-state index in [-0.39, 0.29) is 12.3 Å². The molecule has 0 saturated heterocycles. The van der Waals surface area contributed by atoms with Crippen LogP contribution >= 0.6 is 0 Å². The third-order valence-electron chi connectivity index (χ3n) is 4.24. The molecule has 0 spiro atoms. The molecule has 4 heteroatoms. The molecule has 0 unspecified atom stereocenters. The Kier molecular flexibility index (Phi) is 5.08. The number of hydrogen-bond donors (Lipinski definition) is 1. The molecule has 1 heterocycles. The minimum absolute atomic E-state index is 0.0894. The summed E-state index contributed by atoms with van der Waals surface area (Å²) in [6.07, 6.45) is 2.85. The minimum Gasteiger partial charge on any atom is -0.491 e. The number of rotatable bonds is 6. The van der Waals surface area contributed by atoms with Gasteiger partial charge in [-0.05, 0) is 55.7 Å². The van der Waals surface area contributed by atoms with E-state index < -0.39 is 0 Å². The molecule has 0 bridgehead atoms. The van der Waals surface area contributed by atoms with Crippen molar-refractivity contribution >= 4 is 22.6 Å². The molecule has 0 aliphatic heterocycles. The zero-order valence-electron chi connectivity index (χ0n) is 14.9. The van der Waals surface area contributed by atoms with Crippen molar-refractivity contribution in [2.75, 3.05) is 11.9 Å². The molecule has 1 amide bonds. The first-order valence-corrected chi connectivity index (χ1v) is 8.57. The largest absolute Gasteiger partial charge is 0.491 e. The zero-order chi connectivity index (χ0) is 17.8. The lowest BCUT2D eigenvalue weighted by Gasteiger charge is -2.11. The van der Waals surface area contributed by atoms with Gasteiger partial charge in [-0.25, -0.2) is 0 Å². The Balaban J connectivity index is 1.76. The summed E-state index contributed by atoms with van der Waals surface area (Å²) in [5.74, 6) is 0.606. The van der Waals surface area contributed by atoms with Crippen LogP contribution in [-0.2, 0) is 11.2 Å². The number of furan rings is 1. The molecule has 25 heavy (non-hydrogen) atoms. The van der Waals surface area contributed by atoms with Crippen LogP contribution in [0.4, 0.5) is 5.69 Å². The number of carbonyl (C=O) groups is 1. The van der Waals surface area contributed by atoms with Gasteiger partial charge >= 0.3 is 0 Å². The summed E-state index contributed by atoms with van der Waals surface area (Å²) < 4.78 is 11.3. The summed E-state index contributed by atoms with van der Waals surface area (Å²) in [6.45, 7) is 6.79. The molecule has 0 aliphatic carbocycles. The van der Waals surface area contributed by atoms with Crippen molar-refractivity contribution in [2.45, 2.75) is 33.6 Å². The van der Waals surface area contributed by atoms with Crippen molar-refractivity contribution in [2.24, 2.45) is 0 Å². The Bertz CT molecular complexity index is 895. The van der Waals surface area contributed by atoms with Crippen LogP contribution in [0.5, 0.6) is 5.75 Å². The summed E-state index contributed by atoms with van der Waals surface area (Å²) in [6, 6.07) is 11.6. The van der Waals surface area contributed by atoms with Crippen molar-refractivity contribution in [3.05, 3.63) is 59.4 Å². The lowest BCUT2D eigenvalue weighted by molar-refractivity contribution is -0.115. The highest BCUT2D eigenvalue weighted by Gasteiger charge is 2.13. The predicted octanol–water partition coefficient (Wildman–Crippen LogP) is 5.02. The number of benzene rings is 2. The van der Waals surface area contributed by atoms with Gasteiger partial charge in [-0.2, -0.15) is 0 Å². The van der Waals surface area contributed by atoms with E-state index in [0.717, 1.165) is 23.0 Å². The second kappa shape index (κ2) is 7.43. The van der Waals surface area contributed by atoms with Crippen molar-refractivity contribution in [1.82, 2.24) is 0 Å². The molecule has 0 atom stereocenters. The second-order valence-corrected chi connectivity index (χ2v) is 6.26. The van der Waals surface area contributed by atoms with Crippen LogP contribution in [0.25, 0.3) is 11.0 Å². The first-order chi connectivity index (χ1) is 12.1. The number of aryl methyl sites for hydroxylation is 2. The summed E-state index contributed by atoms with van der Waals surface area (Å²) in [5.41, 5.74) is 4.77. The fraction of sp³-hybridized carbons (Fsp3) is 0.286. The van der Waals surface area contributed by atoms with E-state index in [1.165, 1.54) is 11.1 Å². The monoisotopic (exact) mass is 337 g/mol. The number of carbonyl (C=O) groups excluding carboxylic acids is 1. The maximum atomic E-state index is 12.5. The van der Waals surface area contributed by atoms with E-state index in [4.69, 9.17) is 9.15 Å². The smallest absolute Gasteiger partial charge is 0.229 e. The number of para-hydroxylation sites is 2. The highest BCUT2D eigenvalue weighted by Crippen LogP contribution is 2.27. The molecule has 0 fully saturated rings. The van der Waals surface area contributed by atoms with Crippen LogP contribution < -0.4 is 10.1 Å². The molecule has 1 aromatic heterocycles. The van der Waals surface area contributed by atoms with Gasteiger partial charge in [0.25, 0.3) is 0 Å². The zero-order valence-corrected chi connectivity index (χ0v) is 14.9. The van der Waals surface area contributed by atoms with E-state index in [9.17, 15) is 4.79 Å². The Morgan fingerprint density at radius 1 is 1.16 bits per heavy atom. The van der Waals surface area contributed by atoms with E-state index in [1.54, 1.807) is 6.26 Å². The molecule has 3 rings (SSSR count). The number of hydrogen-bond acceptors (Lipinski definition) is 3. The van der Waals surface area contributed by atoms with Gasteiger partial charge in [0.05, 0.1) is 25.0 Å². The van der Waals surface area contributed by atoms with Gasteiger partial charge in [0.1, 0.15) is 11.3 Å². The van der Waals surface area contributed by atoms with Crippen LogP contribution in [0.15, 0.2) is 47.1 Å². The lowest BCUT2D eigenvalue weighted by atomic mass is 10.0. The highest BCUT2D eigenvalue weighted by molar-refractivity contribution is 5.96. The number of amides is 1. The third-order valence-corrected chi connectivity index (χ3v) is 4.24. The Hall–Kier alpha value is -2.75. The fourth-order valence-corrected chi connectivity index (χ4v) is 2.75. The highest BCUT2D eigenvalue weighted by atomic mass is 16.5. The first-order valence-electron chi connectivity index (χ1n) is 8.57. The standard InChI is InChI=1S/C21H23NO3/c1-4-9-24-19-8-6-5-7-18(19)22-21(23)12-16-13-25-20-11-15(3)14(2)10-17(16)20/h5-8,10-11,13H,4,9,12H2,1-3H3,(H,22,23). The van der Waals surface area contributed by atoms with E-state index >= 15 is 0 Å². The van der Waals surface area contributed by atoms with Crippen molar-refractivity contribution in [3.8, 4) is 5.75 Å². The van der Waals surface area contributed by atoms with Crippen LogP contribution in [0.2, 0.25) is 0 Å². The normalized spacial score (nSPS) is 10.8. The average molecular weight is 337 g/mol. The van der Waals surface area contributed by atoms with Gasteiger partial charge in [-0.15, -0.1) is 0 Å². The fourth-order valence-electron chi connectivity index (χ4n) is 2.75. The number of nitrogens with one attached hydrogen (secondary N) is 1. The Labute approximate surface area is 147 Å². The molecule has 0 aliphatic rings. The molecule has 2 aromatic carbocycles. The van der Waals surface area contributed by atoms with Gasteiger partial charge in [-0.1, -0.05) is 19.1 Å². The molecule has 3 aromatic rings. The Morgan fingerprint density at radius 3 is 2.72 bits per heavy atom. The summed E-state index contributed by atoms with van der Waals surface area (Å²) in [4.78, 5) is 12.5. The number of fused-ring (bicyclic) bond motifs is 1. The lowest BCUT2D eigenvalue weighted by Crippen LogP contribution is -2.15. The summed E-state index contributed by atoms with van der Waals surface area (Å²) >= 11 is 0. The molecule has 4 nitrogen and oxygen atoms in total. The molecule has 130 valence electrons. The van der Waals surface area contributed by atoms with Crippen molar-refractivity contribution < 1.29 is 13.9 Å². The quantitative estimate of drug-likeness (QED) is 0.687. The van der Waals surface area contributed by atoms with Gasteiger partial charge in [-0.3, -0.25) is 4.79 Å². The van der Waals surface area contributed by atoms with Gasteiger partial charge in [0.15, 0.2) is 0 Å².